The van der Waals surface area contributed by atoms with Gasteiger partial charge in [-0.1, -0.05) is 32.2 Å². The molecule has 3 fully saturated rings. The van der Waals surface area contributed by atoms with E-state index in [9.17, 15) is 24.3 Å². The summed E-state index contributed by atoms with van der Waals surface area (Å²) in [6.45, 7) is 11.7. The molecule has 39 heavy (non-hydrogen) atoms. The third-order valence-electron chi connectivity index (χ3n) is 7.80. The molecule has 0 aromatic rings. The van der Waals surface area contributed by atoms with E-state index < -0.39 is 12.1 Å². The van der Waals surface area contributed by atoms with Gasteiger partial charge >= 0.3 is 12.1 Å². The lowest BCUT2D eigenvalue weighted by Crippen LogP contribution is -2.60. The van der Waals surface area contributed by atoms with E-state index in [2.05, 4.69) is 13.2 Å². The summed E-state index contributed by atoms with van der Waals surface area (Å²) < 4.78 is 10.7. The quantitative estimate of drug-likeness (QED) is 0.224. The SMILES string of the molecule is C=CCOC(=O)C1=C(S[C@H]2C[C@@H](CN3CCN(C)CC3=O)N(C(=O)OCC=C)C2)[C@H](C)[C@@H]2[C@H](CCO)C(=O)N12. The number of thioether (sulfide) groups is 1. The van der Waals surface area contributed by atoms with Crippen molar-refractivity contribution in [3.8, 4) is 0 Å². The van der Waals surface area contributed by atoms with Gasteiger partial charge in [-0.2, -0.15) is 0 Å². The van der Waals surface area contributed by atoms with Crippen LogP contribution in [0.1, 0.15) is 19.8 Å². The van der Waals surface area contributed by atoms with Crippen LogP contribution >= 0.6 is 11.8 Å². The number of carbonyl (C=O) groups excluding carboxylic acids is 4. The van der Waals surface area contributed by atoms with Crippen LogP contribution in [0, 0.1) is 11.8 Å². The highest BCUT2D eigenvalue weighted by Gasteiger charge is 2.59. The second-order valence-electron chi connectivity index (χ2n) is 10.4. The molecule has 214 valence electrons. The zero-order valence-corrected chi connectivity index (χ0v) is 23.4. The zero-order valence-electron chi connectivity index (χ0n) is 22.6. The number of rotatable bonds is 11. The number of carbonyl (C=O) groups is 4. The minimum Gasteiger partial charge on any atom is -0.457 e. The Morgan fingerprint density at radius 3 is 2.54 bits per heavy atom. The van der Waals surface area contributed by atoms with E-state index in [0.29, 0.717) is 39.0 Å². The standard InChI is InChI=1S/C27H38N4O7S/c1-5-11-37-26(35)23-24(17(3)22-20(7-10-32)25(34)31(22)23)39-19-13-18(30(15-19)27(36)38-12-6-2)14-29-9-8-28(4)16-21(29)33/h5-6,17-20,22,32H,1-2,7-16H2,3-4H3/t17-,18+,19+,20+,22-/m1/s1. The van der Waals surface area contributed by atoms with Gasteiger partial charge in [0.1, 0.15) is 18.9 Å². The number of β-lactam (4-membered cyclic amide) rings is 1. The van der Waals surface area contributed by atoms with E-state index >= 15 is 0 Å². The molecule has 11 nitrogen and oxygen atoms in total. The third-order valence-corrected chi connectivity index (χ3v) is 9.29. The number of likely N-dealkylation sites (tertiary alicyclic amines) is 1. The van der Waals surface area contributed by atoms with Crippen LogP contribution in [0.3, 0.4) is 0 Å². The molecule has 4 heterocycles. The van der Waals surface area contributed by atoms with Crippen LogP contribution in [0.4, 0.5) is 4.79 Å². The van der Waals surface area contributed by atoms with Crippen LogP contribution in [0.5, 0.6) is 0 Å². The van der Waals surface area contributed by atoms with E-state index in [-0.39, 0.29) is 66.5 Å². The number of aliphatic hydroxyl groups is 1. The van der Waals surface area contributed by atoms with Crippen molar-refractivity contribution in [1.82, 2.24) is 19.6 Å². The number of hydrogen-bond acceptors (Lipinski definition) is 9. The molecule has 3 amide bonds. The van der Waals surface area contributed by atoms with Crippen LogP contribution in [0.15, 0.2) is 35.9 Å². The molecule has 3 saturated heterocycles. The van der Waals surface area contributed by atoms with Gasteiger partial charge in [0, 0.05) is 48.9 Å². The fourth-order valence-corrected chi connectivity index (χ4v) is 7.47. The number of esters is 1. The Balaban J connectivity index is 1.55. The lowest BCUT2D eigenvalue weighted by atomic mass is 9.80. The minimum atomic E-state index is -0.581. The summed E-state index contributed by atoms with van der Waals surface area (Å²) in [5.74, 6) is -1.22. The second kappa shape index (κ2) is 12.6. The Morgan fingerprint density at radius 1 is 1.15 bits per heavy atom. The van der Waals surface area contributed by atoms with Crippen molar-refractivity contribution in [2.75, 3.05) is 59.6 Å². The molecule has 12 heteroatoms. The summed E-state index contributed by atoms with van der Waals surface area (Å²) in [5.41, 5.74) is 0.247. The summed E-state index contributed by atoms with van der Waals surface area (Å²) in [4.78, 5) is 59.3. The predicted molar refractivity (Wildman–Crippen MR) is 145 cm³/mol. The molecule has 4 aliphatic rings. The zero-order chi connectivity index (χ0) is 28.3. The molecule has 4 aliphatic heterocycles. The fourth-order valence-electron chi connectivity index (χ4n) is 5.91. The topological polar surface area (TPSA) is 120 Å². The first kappa shape index (κ1) is 29.2. The van der Waals surface area contributed by atoms with Gasteiger partial charge in [-0.05, 0) is 19.9 Å². The van der Waals surface area contributed by atoms with Gasteiger partial charge in [0.15, 0.2) is 0 Å². The smallest absolute Gasteiger partial charge is 0.410 e. The second-order valence-corrected chi connectivity index (χ2v) is 11.8. The Labute approximate surface area is 233 Å². The molecule has 5 atom stereocenters. The molecule has 1 N–H and O–H groups in total. The maximum atomic E-state index is 13.1. The molecule has 0 spiro atoms. The molecule has 0 radical (unpaired) electrons. The van der Waals surface area contributed by atoms with E-state index in [1.165, 1.54) is 28.8 Å². The number of ether oxygens (including phenoxy) is 2. The average Bonchev–Trinajstić information content (AvgIpc) is 3.42. The normalized spacial score (nSPS) is 28.9. The first-order valence-corrected chi connectivity index (χ1v) is 14.2. The van der Waals surface area contributed by atoms with Gasteiger partial charge in [-0.15, -0.1) is 11.8 Å². The van der Waals surface area contributed by atoms with Crippen LogP contribution in [0.2, 0.25) is 0 Å². The molecule has 0 aliphatic carbocycles. The van der Waals surface area contributed by atoms with Crippen molar-refractivity contribution in [2.45, 2.75) is 37.1 Å². The minimum absolute atomic E-state index is 0.0227. The Kier molecular flexibility index (Phi) is 9.39. The lowest BCUT2D eigenvalue weighted by Gasteiger charge is -2.45. The number of fused-ring (bicyclic) bond motifs is 1. The highest BCUT2D eigenvalue weighted by molar-refractivity contribution is 8.03. The highest BCUT2D eigenvalue weighted by atomic mass is 32.2. The van der Waals surface area contributed by atoms with E-state index in [0.717, 1.165) is 11.4 Å². The van der Waals surface area contributed by atoms with E-state index in [1.807, 2.05) is 18.9 Å². The summed E-state index contributed by atoms with van der Waals surface area (Å²) in [5, 5.41) is 9.39. The Morgan fingerprint density at radius 2 is 1.87 bits per heavy atom. The molecule has 0 unspecified atom stereocenters. The predicted octanol–water partition coefficient (Wildman–Crippen LogP) is 1.06. The van der Waals surface area contributed by atoms with Gasteiger partial charge < -0.3 is 29.3 Å². The van der Waals surface area contributed by atoms with Crippen LogP contribution in [-0.2, 0) is 23.9 Å². The molecule has 0 aromatic carbocycles. The third kappa shape index (κ3) is 5.87. The van der Waals surface area contributed by atoms with Crippen molar-refractivity contribution in [3.63, 3.8) is 0 Å². The molecular formula is C27H38N4O7S. The molecule has 0 bridgehead atoms. The van der Waals surface area contributed by atoms with Crippen molar-refractivity contribution in [1.29, 1.82) is 0 Å². The van der Waals surface area contributed by atoms with E-state index in [4.69, 9.17) is 9.47 Å². The number of hydrogen-bond donors (Lipinski definition) is 1. The summed E-state index contributed by atoms with van der Waals surface area (Å²) >= 11 is 1.49. The van der Waals surface area contributed by atoms with Crippen LogP contribution in [0.25, 0.3) is 0 Å². The molecule has 0 aromatic heterocycles. The number of aliphatic hydroxyl groups excluding tert-OH is 1. The maximum absolute atomic E-state index is 13.1. The van der Waals surface area contributed by atoms with E-state index in [1.54, 1.807) is 9.80 Å². The number of likely N-dealkylation sites (N-methyl/N-ethyl adjacent to an activating group) is 1. The lowest BCUT2D eigenvalue weighted by molar-refractivity contribution is -0.158. The monoisotopic (exact) mass is 562 g/mol. The van der Waals surface area contributed by atoms with Crippen molar-refractivity contribution < 1.29 is 33.8 Å². The van der Waals surface area contributed by atoms with Crippen molar-refractivity contribution >= 4 is 35.6 Å². The number of piperazine rings is 1. The Bertz CT molecular complexity index is 1050. The molecule has 4 rings (SSSR count). The molecule has 0 saturated carbocycles. The molecular weight excluding hydrogens is 524 g/mol. The van der Waals surface area contributed by atoms with Crippen LogP contribution in [-0.4, -0.2) is 126 Å². The van der Waals surface area contributed by atoms with Gasteiger partial charge in [0.2, 0.25) is 11.8 Å². The Hall–Kier alpha value is -2.83. The number of nitrogens with zero attached hydrogens (tertiary/aromatic N) is 4. The average molecular weight is 563 g/mol. The first-order chi connectivity index (χ1) is 18.7. The van der Waals surface area contributed by atoms with Crippen molar-refractivity contribution in [3.05, 3.63) is 35.9 Å². The highest BCUT2D eigenvalue weighted by Crippen LogP contribution is 2.52. The van der Waals surface area contributed by atoms with Gasteiger partial charge in [-0.3, -0.25) is 14.5 Å². The summed E-state index contributed by atoms with van der Waals surface area (Å²) in [7, 11) is 1.91. The maximum Gasteiger partial charge on any atom is 0.410 e. The number of amides is 3. The fraction of sp³-hybridized carbons (Fsp3) is 0.630. The first-order valence-electron chi connectivity index (χ1n) is 13.3. The summed E-state index contributed by atoms with van der Waals surface area (Å²) in [6, 6.07) is -0.464. The largest absolute Gasteiger partial charge is 0.457 e. The van der Waals surface area contributed by atoms with Gasteiger partial charge in [-0.25, -0.2) is 9.59 Å². The van der Waals surface area contributed by atoms with Gasteiger partial charge in [0.25, 0.3) is 0 Å². The van der Waals surface area contributed by atoms with Crippen LogP contribution < -0.4 is 0 Å². The van der Waals surface area contributed by atoms with Crippen molar-refractivity contribution in [2.24, 2.45) is 11.8 Å². The summed E-state index contributed by atoms with van der Waals surface area (Å²) in [6.07, 6.45) is 3.45. The van der Waals surface area contributed by atoms with Gasteiger partial charge in [0.05, 0.1) is 24.5 Å².